The number of nitrogens with one attached hydrogen (secondary N) is 1. The van der Waals surface area contributed by atoms with E-state index in [4.69, 9.17) is 4.74 Å². The molecule has 2 unspecified atom stereocenters. The molecule has 1 aromatic heterocycles. The Morgan fingerprint density at radius 1 is 1.23 bits per heavy atom. The van der Waals surface area contributed by atoms with Gasteiger partial charge in [-0.05, 0) is 51.8 Å². The van der Waals surface area contributed by atoms with Gasteiger partial charge in [-0.25, -0.2) is 4.79 Å². The number of carbonyl (C=O) groups is 3. The maximum Gasteiger partial charge on any atom is 0.326 e. The summed E-state index contributed by atoms with van der Waals surface area (Å²) in [6.07, 6.45) is 1.07. The van der Waals surface area contributed by atoms with Crippen LogP contribution in [0.25, 0.3) is 5.69 Å². The molecular formula is C22H27N3O5. The molecule has 2 N–H and O–H groups in total. The lowest BCUT2D eigenvalue weighted by atomic mass is 10.2. The van der Waals surface area contributed by atoms with E-state index in [0.29, 0.717) is 30.7 Å². The summed E-state index contributed by atoms with van der Waals surface area (Å²) in [5.74, 6) is -1.09. The van der Waals surface area contributed by atoms with Crippen molar-refractivity contribution >= 4 is 17.8 Å². The summed E-state index contributed by atoms with van der Waals surface area (Å²) in [6, 6.07) is 7.64. The number of carboxylic acid groups (broad SMARTS) is 1. The fraction of sp³-hybridized carbons (Fsp3) is 0.409. The van der Waals surface area contributed by atoms with Crippen molar-refractivity contribution < 1.29 is 24.2 Å². The van der Waals surface area contributed by atoms with Crippen LogP contribution in [0, 0.1) is 13.8 Å². The van der Waals surface area contributed by atoms with Crippen molar-refractivity contribution in [3.8, 4) is 11.4 Å². The van der Waals surface area contributed by atoms with Gasteiger partial charge in [-0.1, -0.05) is 12.1 Å². The highest BCUT2D eigenvalue weighted by Gasteiger charge is 2.36. The van der Waals surface area contributed by atoms with Crippen LogP contribution in [0.2, 0.25) is 0 Å². The molecule has 2 amide bonds. The molecule has 2 aromatic rings. The van der Waals surface area contributed by atoms with Crippen molar-refractivity contribution in [1.29, 1.82) is 0 Å². The molecule has 1 fully saturated rings. The Bertz CT molecular complexity index is 981. The summed E-state index contributed by atoms with van der Waals surface area (Å²) in [6.45, 7) is 5.70. The normalized spacial score (nSPS) is 16.9. The molecule has 30 heavy (non-hydrogen) atoms. The Hall–Kier alpha value is -3.29. The largest absolute Gasteiger partial charge is 0.495 e. The van der Waals surface area contributed by atoms with Gasteiger partial charge >= 0.3 is 5.97 Å². The zero-order valence-corrected chi connectivity index (χ0v) is 17.6. The highest BCUT2D eigenvalue weighted by atomic mass is 16.5. The molecule has 0 bridgehead atoms. The second-order valence-electron chi connectivity index (χ2n) is 7.52. The SMILES string of the molecule is COc1ccccc1-n1c(C)cc(C(=O)NC(C)C(=O)N2CCCC2C(=O)O)c1C. The summed E-state index contributed by atoms with van der Waals surface area (Å²) >= 11 is 0. The average molecular weight is 413 g/mol. The van der Waals surface area contributed by atoms with E-state index < -0.39 is 18.1 Å². The standard InChI is InChI=1S/C22H27N3O5/c1-13-12-16(15(3)25(13)17-8-5-6-10-19(17)30-4)20(26)23-14(2)21(27)24-11-7-9-18(24)22(28)29/h5-6,8,10,12,14,18H,7,9,11H2,1-4H3,(H,23,26)(H,28,29). The third-order valence-corrected chi connectivity index (χ3v) is 5.54. The minimum atomic E-state index is -1.01. The fourth-order valence-electron chi connectivity index (χ4n) is 4.05. The number of aliphatic carboxylic acids is 1. The number of likely N-dealkylation sites (tertiary alicyclic amines) is 1. The lowest BCUT2D eigenvalue weighted by Gasteiger charge is -2.25. The first kappa shape index (κ1) is 21.4. The Balaban J connectivity index is 1.81. The quantitative estimate of drug-likeness (QED) is 0.757. The Morgan fingerprint density at radius 3 is 2.60 bits per heavy atom. The smallest absolute Gasteiger partial charge is 0.326 e. The highest BCUT2D eigenvalue weighted by Crippen LogP contribution is 2.28. The number of carbonyl (C=O) groups excluding carboxylic acids is 2. The summed E-state index contributed by atoms with van der Waals surface area (Å²) in [5, 5.41) is 12.0. The first-order chi connectivity index (χ1) is 14.3. The first-order valence-electron chi connectivity index (χ1n) is 9.92. The van der Waals surface area contributed by atoms with Crippen LogP contribution >= 0.6 is 0 Å². The van der Waals surface area contributed by atoms with E-state index in [2.05, 4.69) is 5.32 Å². The zero-order chi connectivity index (χ0) is 22.0. The third kappa shape index (κ3) is 3.90. The van der Waals surface area contributed by atoms with E-state index in [1.807, 2.05) is 42.7 Å². The number of benzene rings is 1. The van der Waals surface area contributed by atoms with Crippen LogP contribution in [0.4, 0.5) is 0 Å². The van der Waals surface area contributed by atoms with E-state index >= 15 is 0 Å². The molecule has 160 valence electrons. The monoisotopic (exact) mass is 413 g/mol. The molecule has 8 heteroatoms. The topological polar surface area (TPSA) is 101 Å². The summed E-state index contributed by atoms with van der Waals surface area (Å²) in [4.78, 5) is 38.3. The molecule has 1 saturated heterocycles. The van der Waals surface area contributed by atoms with Crippen molar-refractivity contribution in [2.45, 2.75) is 45.7 Å². The molecule has 1 aliphatic rings. The van der Waals surface area contributed by atoms with E-state index in [-0.39, 0.29) is 11.8 Å². The van der Waals surface area contributed by atoms with Gasteiger partial charge in [0.15, 0.2) is 0 Å². The Labute approximate surface area is 175 Å². The lowest BCUT2D eigenvalue weighted by Crippen LogP contribution is -2.50. The van der Waals surface area contributed by atoms with Crippen molar-refractivity contribution in [1.82, 2.24) is 14.8 Å². The molecule has 2 heterocycles. The number of rotatable bonds is 6. The number of ether oxygens (including phenoxy) is 1. The predicted octanol–water partition coefficient (Wildman–Crippen LogP) is 2.30. The Morgan fingerprint density at radius 2 is 1.93 bits per heavy atom. The van der Waals surface area contributed by atoms with Crippen LogP contribution in [0.5, 0.6) is 5.75 Å². The molecule has 1 aliphatic heterocycles. The van der Waals surface area contributed by atoms with Crippen molar-refractivity contribution in [3.63, 3.8) is 0 Å². The molecule has 0 spiro atoms. The second kappa shape index (κ2) is 8.61. The molecular weight excluding hydrogens is 386 g/mol. The molecule has 1 aromatic carbocycles. The molecule has 0 saturated carbocycles. The number of aromatic nitrogens is 1. The van der Waals surface area contributed by atoms with E-state index in [9.17, 15) is 19.5 Å². The second-order valence-corrected chi connectivity index (χ2v) is 7.52. The van der Waals surface area contributed by atoms with Crippen LogP contribution in [0.3, 0.4) is 0 Å². The van der Waals surface area contributed by atoms with Crippen LogP contribution < -0.4 is 10.1 Å². The van der Waals surface area contributed by atoms with Gasteiger partial charge < -0.3 is 24.6 Å². The predicted molar refractivity (Wildman–Crippen MR) is 111 cm³/mol. The molecule has 2 atom stereocenters. The van der Waals surface area contributed by atoms with E-state index in [0.717, 1.165) is 17.1 Å². The lowest BCUT2D eigenvalue weighted by molar-refractivity contribution is -0.148. The average Bonchev–Trinajstić information content (AvgIpc) is 3.32. The Kier molecular flexibility index (Phi) is 6.14. The number of nitrogens with zero attached hydrogens (tertiary/aromatic N) is 2. The minimum absolute atomic E-state index is 0.379. The number of hydrogen-bond acceptors (Lipinski definition) is 4. The summed E-state index contributed by atoms with van der Waals surface area (Å²) in [5.41, 5.74) is 2.85. The minimum Gasteiger partial charge on any atom is -0.495 e. The maximum atomic E-state index is 12.9. The summed E-state index contributed by atoms with van der Waals surface area (Å²) < 4.78 is 7.37. The summed E-state index contributed by atoms with van der Waals surface area (Å²) in [7, 11) is 1.59. The first-order valence-corrected chi connectivity index (χ1v) is 9.92. The molecule has 0 aliphatic carbocycles. The number of hydrogen-bond donors (Lipinski definition) is 2. The van der Waals surface area contributed by atoms with Gasteiger partial charge in [-0.15, -0.1) is 0 Å². The van der Waals surface area contributed by atoms with Gasteiger partial charge in [0.05, 0.1) is 18.4 Å². The number of amides is 2. The molecule has 3 rings (SSSR count). The van der Waals surface area contributed by atoms with Crippen molar-refractivity contribution in [2.75, 3.05) is 13.7 Å². The van der Waals surface area contributed by atoms with E-state index in [1.165, 1.54) is 4.90 Å². The van der Waals surface area contributed by atoms with Gasteiger partial charge in [-0.2, -0.15) is 0 Å². The zero-order valence-electron chi connectivity index (χ0n) is 17.6. The van der Waals surface area contributed by atoms with E-state index in [1.54, 1.807) is 20.1 Å². The highest BCUT2D eigenvalue weighted by molar-refractivity contribution is 5.99. The van der Waals surface area contributed by atoms with Gasteiger partial charge in [0, 0.05) is 17.9 Å². The number of carboxylic acids is 1. The number of aryl methyl sites for hydroxylation is 1. The van der Waals surface area contributed by atoms with Crippen LogP contribution in [-0.4, -0.2) is 58.1 Å². The maximum absolute atomic E-state index is 12.9. The van der Waals surface area contributed by atoms with Gasteiger partial charge in [0.25, 0.3) is 5.91 Å². The van der Waals surface area contributed by atoms with Gasteiger partial charge in [0.1, 0.15) is 17.8 Å². The fourth-order valence-corrected chi connectivity index (χ4v) is 4.05. The van der Waals surface area contributed by atoms with Crippen molar-refractivity contribution in [2.24, 2.45) is 0 Å². The molecule has 0 radical (unpaired) electrons. The molecule has 8 nitrogen and oxygen atoms in total. The van der Waals surface area contributed by atoms with Crippen LogP contribution in [-0.2, 0) is 9.59 Å². The van der Waals surface area contributed by atoms with Gasteiger partial charge in [0.2, 0.25) is 5.91 Å². The third-order valence-electron chi connectivity index (χ3n) is 5.54. The van der Waals surface area contributed by atoms with Crippen LogP contribution in [0.1, 0.15) is 41.5 Å². The van der Waals surface area contributed by atoms with Crippen molar-refractivity contribution in [3.05, 3.63) is 47.3 Å². The van der Waals surface area contributed by atoms with Crippen LogP contribution in [0.15, 0.2) is 30.3 Å². The number of para-hydroxylation sites is 2. The van der Waals surface area contributed by atoms with Gasteiger partial charge in [-0.3, -0.25) is 9.59 Å². The number of methoxy groups -OCH3 is 1.